The number of hydrogen-bond acceptors (Lipinski definition) is 5. The Hall–Kier alpha value is -1.75. The van der Waals surface area contributed by atoms with E-state index in [2.05, 4.69) is 0 Å². The molecule has 0 aromatic heterocycles. The quantitative estimate of drug-likeness (QED) is 0.456. The topological polar surface area (TPSA) is 91.7 Å². The summed E-state index contributed by atoms with van der Waals surface area (Å²) in [5.41, 5.74) is -3.08. The van der Waals surface area contributed by atoms with Crippen molar-refractivity contribution in [2.24, 2.45) is 22.7 Å². The van der Waals surface area contributed by atoms with Crippen LogP contribution in [-0.4, -0.2) is 33.7 Å². The Morgan fingerprint density at radius 2 is 1.68 bits per heavy atom. The van der Waals surface area contributed by atoms with Gasteiger partial charge in [0.25, 0.3) is 0 Å². The van der Waals surface area contributed by atoms with Crippen molar-refractivity contribution in [3.05, 3.63) is 22.5 Å². The molecule has 0 heterocycles. The first-order chi connectivity index (χ1) is 11.4. The molecule has 25 heavy (non-hydrogen) atoms. The molecule has 136 valence electrons. The molecule has 0 aliphatic heterocycles. The Bertz CT molecular complexity index is 754. The largest absolute Gasteiger partial charge is 0.507 e. The van der Waals surface area contributed by atoms with Crippen LogP contribution in [0.25, 0.3) is 0 Å². The van der Waals surface area contributed by atoms with Crippen LogP contribution >= 0.6 is 0 Å². The summed E-state index contributed by atoms with van der Waals surface area (Å²) < 4.78 is 0. The van der Waals surface area contributed by atoms with Gasteiger partial charge in [-0.1, -0.05) is 41.0 Å². The fourth-order valence-corrected chi connectivity index (χ4v) is 5.86. The summed E-state index contributed by atoms with van der Waals surface area (Å²) in [6, 6.07) is 0. The number of ketones is 2. The predicted molar refractivity (Wildman–Crippen MR) is 91.8 cm³/mol. The van der Waals surface area contributed by atoms with E-state index >= 15 is 0 Å². The third-order valence-corrected chi connectivity index (χ3v) is 6.52. The van der Waals surface area contributed by atoms with Crippen LogP contribution in [0.2, 0.25) is 0 Å². The maximum absolute atomic E-state index is 13.0. The molecule has 0 saturated heterocycles. The Morgan fingerprint density at radius 3 is 2.20 bits per heavy atom. The fraction of sp³-hybridized carbons (Fsp3) is 0.650. The lowest BCUT2D eigenvalue weighted by Crippen LogP contribution is -2.53. The van der Waals surface area contributed by atoms with Gasteiger partial charge in [-0.25, -0.2) is 0 Å². The van der Waals surface area contributed by atoms with E-state index in [9.17, 15) is 24.6 Å². The van der Waals surface area contributed by atoms with E-state index in [0.717, 1.165) is 12.8 Å². The molecule has 5 heteroatoms. The zero-order valence-electron chi connectivity index (χ0n) is 15.5. The van der Waals surface area contributed by atoms with Crippen molar-refractivity contribution in [3.8, 4) is 0 Å². The van der Waals surface area contributed by atoms with Crippen LogP contribution in [0.4, 0.5) is 0 Å². The predicted octanol–water partition coefficient (Wildman–Crippen LogP) is 2.68. The van der Waals surface area contributed by atoms with Gasteiger partial charge in [-0.2, -0.15) is 0 Å². The molecule has 5 nitrogen and oxygen atoms in total. The number of aliphatic hydroxyl groups excluding tert-OH is 1. The summed E-state index contributed by atoms with van der Waals surface area (Å²) >= 11 is 0. The third kappa shape index (κ3) is 2.02. The van der Waals surface area contributed by atoms with Crippen LogP contribution in [0.5, 0.6) is 0 Å². The lowest BCUT2D eigenvalue weighted by Gasteiger charge is -2.51. The number of carbonyl (C=O) groups is 3. The molecule has 0 spiro atoms. The summed E-state index contributed by atoms with van der Waals surface area (Å²) in [6.07, 6.45) is 2.67. The normalized spacial score (nSPS) is 37.5. The maximum atomic E-state index is 13.0. The fourth-order valence-electron chi connectivity index (χ4n) is 5.86. The number of carbonyl (C=O) groups excluding carboxylic acids is 3. The Labute approximate surface area is 147 Å². The highest BCUT2D eigenvalue weighted by molar-refractivity contribution is 6.51. The van der Waals surface area contributed by atoms with Crippen molar-refractivity contribution < 1.29 is 24.6 Å². The molecule has 3 rings (SSSR count). The molecule has 0 aromatic carbocycles. The molecule has 0 amide bonds. The van der Waals surface area contributed by atoms with Crippen LogP contribution < -0.4 is 0 Å². The number of rotatable bonds is 2. The number of allylic oxidation sites excluding steroid dienone is 2. The summed E-state index contributed by atoms with van der Waals surface area (Å²) in [4.78, 5) is 37.7. The van der Waals surface area contributed by atoms with E-state index in [0.29, 0.717) is 12.7 Å². The van der Waals surface area contributed by atoms with Gasteiger partial charge in [-0.05, 0) is 24.2 Å². The first-order valence-corrected chi connectivity index (χ1v) is 8.90. The van der Waals surface area contributed by atoms with Gasteiger partial charge >= 0.3 is 0 Å². The Kier molecular flexibility index (Phi) is 3.71. The van der Waals surface area contributed by atoms with Crippen LogP contribution in [0.15, 0.2) is 22.5 Å². The maximum Gasteiger partial charge on any atom is 0.233 e. The average molecular weight is 346 g/mol. The zero-order valence-corrected chi connectivity index (χ0v) is 15.5. The van der Waals surface area contributed by atoms with Crippen molar-refractivity contribution in [2.45, 2.75) is 59.5 Å². The van der Waals surface area contributed by atoms with Gasteiger partial charge in [0.15, 0.2) is 11.9 Å². The van der Waals surface area contributed by atoms with E-state index in [1.54, 1.807) is 13.8 Å². The average Bonchev–Trinajstić information content (AvgIpc) is 2.71. The monoisotopic (exact) mass is 346 g/mol. The van der Waals surface area contributed by atoms with Gasteiger partial charge in [-0.3, -0.25) is 14.4 Å². The molecule has 0 bridgehead atoms. The molecular formula is C20H26O5. The smallest absolute Gasteiger partial charge is 0.233 e. The van der Waals surface area contributed by atoms with E-state index in [-0.39, 0.29) is 28.4 Å². The van der Waals surface area contributed by atoms with E-state index < -0.39 is 33.9 Å². The van der Waals surface area contributed by atoms with Gasteiger partial charge < -0.3 is 10.2 Å². The summed E-state index contributed by atoms with van der Waals surface area (Å²) in [5.74, 6) is -2.72. The summed E-state index contributed by atoms with van der Waals surface area (Å²) in [7, 11) is 0. The van der Waals surface area contributed by atoms with Crippen LogP contribution in [0, 0.1) is 22.7 Å². The third-order valence-electron chi connectivity index (χ3n) is 6.52. The van der Waals surface area contributed by atoms with Crippen LogP contribution in [0.1, 0.15) is 53.9 Å². The highest BCUT2D eigenvalue weighted by Gasteiger charge is 2.68. The highest BCUT2D eigenvalue weighted by Crippen LogP contribution is 2.66. The van der Waals surface area contributed by atoms with Gasteiger partial charge in [0.1, 0.15) is 5.76 Å². The molecule has 1 saturated carbocycles. The number of fused-ring (bicyclic) bond motifs is 2. The van der Waals surface area contributed by atoms with Crippen LogP contribution in [0.3, 0.4) is 0 Å². The highest BCUT2D eigenvalue weighted by atomic mass is 16.3. The number of aliphatic hydroxyl groups is 2. The van der Waals surface area contributed by atoms with Gasteiger partial charge in [0.2, 0.25) is 11.6 Å². The lowest BCUT2D eigenvalue weighted by molar-refractivity contribution is -0.140. The van der Waals surface area contributed by atoms with E-state index in [4.69, 9.17) is 0 Å². The molecule has 0 radical (unpaired) electrons. The molecule has 1 fully saturated rings. The molecule has 3 aliphatic carbocycles. The number of Topliss-reactive ketones (excluding diaryl/α,β-unsaturated/α-hetero) is 2. The molecule has 0 unspecified atom stereocenters. The lowest BCUT2D eigenvalue weighted by atomic mass is 9.53. The molecule has 3 aliphatic rings. The van der Waals surface area contributed by atoms with Gasteiger partial charge in [0.05, 0.1) is 0 Å². The van der Waals surface area contributed by atoms with Crippen molar-refractivity contribution in [1.29, 1.82) is 0 Å². The second-order valence-corrected chi connectivity index (χ2v) is 8.96. The standard InChI is InChI=1S/C20H26O5/c1-10(2)11-14(22)13-12(16(24)15(11)23)19(5)8-6-7-18(3,4)17(19)20(13,25)9-21/h9-10,17,22,25H,6-8H2,1-5H3/t17-,19-,20+/m1/s1. The number of hydrogen-bond donors (Lipinski definition) is 2. The number of aldehydes is 1. The molecular weight excluding hydrogens is 320 g/mol. The second kappa shape index (κ2) is 5.13. The van der Waals surface area contributed by atoms with Gasteiger partial charge in [-0.15, -0.1) is 0 Å². The summed E-state index contributed by atoms with van der Waals surface area (Å²) in [5, 5.41) is 22.2. The van der Waals surface area contributed by atoms with Crippen molar-refractivity contribution in [1.82, 2.24) is 0 Å². The van der Waals surface area contributed by atoms with E-state index in [1.807, 2.05) is 20.8 Å². The Morgan fingerprint density at radius 1 is 1.08 bits per heavy atom. The van der Waals surface area contributed by atoms with Crippen molar-refractivity contribution >= 4 is 17.9 Å². The second-order valence-electron chi connectivity index (χ2n) is 8.96. The van der Waals surface area contributed by atoms with Crippen LogP contribution in [-0.2, 0) is 14.4 Å². The zero-order chi connectivity index (χ0) is 18.9. The molecule has 3 atom stereocenters. The van der Waals surface area contributed by atoms with E-state index in [1.165, 1.54) is 0 Å². The van der Waals surface area contributed by atoms with Crippen molar-refractivity contribution in [3.63, 3.8) is 0 Å². The van der Waals surface area contributed by atoms with Crippen molar-refractivity contribution in [2.75, 3.05) is 0 Å². The minimum absolute atomic E-state index is 0.0101. The summed E-state index contributed by atoms with van der Waals surface area (Å²) in [6.45, 7) is 9.19. The first-order valence-electron chi connectivity index (χ1n) is 8.90. The SMILES string of the molecule is CC(C)C1=C(O)C2=C(C(=O)C1=O)[C@@]1(C)CCCC(C)(C)[C@H]1[C@]2(O)C=O. The minimum Gasteiger partial charge on any atom is -0.507 e. The Balaban J connectivity index is 2.39. The first kappa shape index (κ1) is 18.1. The molecule has 0 aromatic rings. The minimum atomic E-state index is -1.96. The molecule has 2 N–H and O–H groups in total. The van der Waals surface area contributed by atoms with Gasteiger partial charge in [0, 0.05) is 28.1 Å².